The van der Waals surface area contributed by atoms with Gasteiger partial charge in [0.15, 0.2) is 0 Å². The van der Waals surface area contributed by atoms with Crippen LogP contribution in [0.25, 0.3) is 10.9 Å². The van der Waals surface area contributed by atoms with Gasteiger partial charge in [0.1, 0.15) is 12.1 Å². The van der Waals surface area contributed by atoms with Gasteiger partial charge in [-0.3, -0.25) is 0 Å². The van der Waals surface area contributed by atoms with Gasteiger partial charge in [-0.1, -0.05) is 30.3 Å². The van der Waals surface area contributed by atoms with Crippen LogP contribution in [0.15, 0.2) is 48.8 Å². The molecule has 3 aromatic rings. The number of hydrogen-bond donors (Lipinski definition) is 0. The van der Waals surface area contributed by atoms with Gasteiger partial charge >= 0.3 is 0 Å². The first-order chi connectivity index (χ1) is 11.6. The normalized spacial score (nSPS) is 17.7. The van der Waals surface area contributed by atoms with E-state index in [-0.39, 0.29) is 0 Å². The van der Waals surface area contributed by atoms with Crippen LogP contribution < -0.4 is 9.80 Å². The van der Waals surface area contributed by atoms with E-state index < -0.39 is 0 Å². The molecule has 0 N–H and O–H groups in total. The van der Waals surface area contributed by atoms with Gasteiger partial charge in [-0.05, 0) is 37.1 Å². The molecule has 24 heavy (non-hydrogen) atoms. The highest BCUT2D eigenvalue weighted by Crippen LogP contribution is 2.33. The average molecular weight is 318 g/mol. The highest BCUT2D eigenvalue weighted by Gasteiger charge is 2.25. The van der Waals surface area contributed by atoms with Crippen LogP contribution in [0.4, 0.5) is 11.5 Å². The molecule has 4 nitrogen and oxygen atoms in total. The Bertz CT molecular complexity index is 884. The van der Waals surface area contributed by atoms with E-state index in [0.717, 1.165) is 29.8 Å². The van der Waals surface area contributed by atoms with Crippen LogP contribution >= 0.6 is 0 Å². The minimum absolute atomic E-state index is 0.361. The predicted molar refractivity (Wildman–Crippen MR) is 99.6 cm³/mol. The molecule has 1 aliphatic rings. The number of rotatable bonds is 1. The number of para-hydroxylation sites is 1. The van der Waals surface area contributed by atoms with Crippen LogP contribution in [0, 0.1) is 6.92 Å². The van der Waals surface area contributed by atoms with E-state index in [1.165, 1.54) is 16.8 Å². The molecule has 0 fully saturated rings. The number of hydrogen-bond acceptors (Lipinski definition) is 4. The first-order valence-corrected chi connectivity index (χ1v) is 8.41. The van der Waals surface area contributed by atoms with Crippen molar-refractivity contribution in [3.05, 3.63) is 59.9 Å². The van der Waals surface area contributed by atoms with Gasteiger partial charge < -0.3 is 9.80 Å². The Morgan fingerprint density at radius 2 is 1.88 bits per heavy atom. The fourth-order valence-electron chi connectivity index (χ4n) is 3.71. The van der Waals surface area contributed by atoms with E-state index in [2.05, 4.69) is 83.1 Å². The zero-order valence-corrected chi connectivity index (χ0v) is 14.4. The molecule has 1 atom stereocenters. The van der Waals surface area contributed by atoms with E-state index in [1.54, 1.807) is 6.33 Å². The second-order valence-electron chi connectivity index (χ2n) is 6.65. The van der Waals surface area contributed by atoms with Crippen LogP contribution in [0.3, 0.4) is 0 Å². The van der Waals surface area contributed by atoms with Crippen LogP contribution in [-0.2, 0) is 6.54 Å². The van der Waals surface area contributed by atoms with Crippen molar-refractivity contribution in [2.24, 2.45) is 0 Å². The lowest BCUT2D eigenvalue weighted by molar-refractivity contribution is 0.638. The summed E-state index contributed by atoms with van der Waals surface area (Å²) in [5, 5.41) is 1.16. The summed E-state index contributed by atoms with van der Waals surface area (Å²) >= 11 is 0. The second kappa shape index (κ2) is 5.78. The van der Waals surface area contributed by atoms with Crippen molar-refractivity contribution in [1.82, 2.24) is 9.97 Å². The third-order valence-corrected chi connectivity index (χ3v) is 4.94. The van der Waals surface area contributed by atoms with Crippen LogP contribution in [-0.4, -0.2) is 29.6 Å². The molecule has 0 saturated heterocycles. The number of likely N-dealkylation sites (N-methyl/N-ethyl adjacent to an activating group) is 1. The van der Waals surface area contributed by atoms with E-state index in [0.29, 0.717) is 6.04 Å². The molecule has 4 rings (SSSR count). The Labute approximate surface area is 142 Å². The molecule has 0 bridgehead atoms. The van der Waals surface area contributed by atoms with Crippen molar-refractivity contribution >= 4 is 22.4 Å². The molecule has 1 aromatic heterocycles. The van der Waals surface area contributed by atoms with E-state index in [1.807, 2.05) is 0 Å². The third-order valence-electron chi connectivity index (χ3n) is 4.94. The maximum atomic E-state index is 4.68. The Hall–Kier alpha value is -2.62. The summed E-state index contributed by atoms with van der Waals surface area (Å²) in [4.78, 5) is 13.9. The number of aryl methyl sites for hydroxylation is 1. The molecule has 122 valence electrons. The number of fused-ring (bicyclic) bond motifs is 2. The molecule has 0 saturated carbocycles. The smallest absolute Gasteiger partial charge is 0.140 e. The third kappa shape index (κ3) is 2.39. The zero-order chi connectivity index (χ0) is 16.7. The molecule has 2 aromatic carbocycles. The van der Waals surface area contributed by atoms with E-state index >= 15 is 0 Å². The lowest BCUT2D eigenvalue weighted by Gasteiger charge is -2.30. The van der Waals surface area contributed by atoms with Crippen molar-refractivity contribution in [2.75, 3.05) is 23.4 Å². The van der Waals surface area contributed by atoms with Crippen LogP contribution in [0.2, 0.25) is 0 Å². The Balaban J connectivity index is 1.88. The minimum Gasteiger partial charge on any atom is -0.372 e. The highest BCUT2D eigenvalue weighted by molar-refractivity contribution is 5.92. The maximum Gasteiger partial charge on any atom is 0.140 e. The van der Waals surface area contributed by atoms with Crippen molar-refractivity contribution < 1.29 is 0 Å². The molecule has 1 unspecified atom stereocenters. The molecule has 0 spiro atoms. The standard InChI is InChI=1S/C20H22N4/c1-14-7-6-9-17-19(14)20(22-13-21-17)24-12-16-8-4-5-10-18(16)23(3)11-15(24)2/h4-10,13,15H,11-12H2,1-3H3. The summed E-state index contributed by atoms with van der Waals surface area (Å²) < 4.78 is 0. The molecule has 4 heteroatoms. The Morgan fingerprint density at radius 1 is 1.04 bits per heavy atom. The number of benzene rings is 2. The summed E-state index contributed by atoms with van der Waals surface area (Å²) in [5.74, 6) is 1.04. The fourth-order valence-corrected chi connectivity index (χ4v) is 3.71. The SMILES string of the molecule is Cc1cccc2ncnc(N3Cc4ccccc4N(C)CC3C)c12. The quantitative estimate of drug-likeness (QED) is 0.683. The van der Waals surface area contributed by atoms with Crippen molar-refractivity contribution in [1.29, 1.82) is 0 Å². The van der Waals surface area contributed by atoms with Gasteiger partial charge in [0.05, 0.1) is 5.52 Å². The summed E-state index contributed by atoms with van der Waals surface area (Å²) in [6.07, 6.45) is 1.68. The first-order valence-electron chi connectivity index (χ1n) is 8.41. The number of aromatic nitrogens is 2. The second-order valence-corrected chi connectivity index (χ2v) is 6.65. The van der Waals surface area contributed by atoms with Crippen molar-refractivity contribution in [3.8, 4) is 0 Å². The largest absolute Gasteiger partial charge is 0.372 e. The maximum absolute atomic E-state index is 4.68. The highest BCUT2D eigenvalue weighted by atomic mass is 15.3. The molecule has 2 heterocycles. The zero-order valence-electron chi connectivity index (χ0n) is 14.4. The van der Waals surface area contributed by atoms with Gasteiger partial charge in [-0.2, -0.15) is 0 Å². The van der Waals surface area contributed by atoms with E-state index in [4.69, 9.17) is 0 Å². The topological polar surface area (TPSA) is 32.3 Å². The molecular formula is C20H22N4. The van der Waals surface area contributed by atoms with E-state index in [9.17, 15) is 0 Å². The Kier molecular flexibility index (Phi) is 3.60. The summed E-state index contributed by atoms with van der Waals surface area (Å²) in [6.45, 7) is 6.24. The predicted octanol–water partition coefficient (Wildman–Crippen LogP) is 3.78. The summed E-state index contributed by atoms with van der Waals surface area (Å²) in [5.41, 5.74) is 4.88. The van der Waals surface area contributed by atoms with Gasteiger partial charge in [0.25, 0.3) is 0 Å². The van der Waals surface area contributed by atoms with Gasteiger partial charge in [-0.25, -0.2) is 9.97 Å². The fraction of sp³-hybridized carbons (Fsp3) is 0.300. The first kappa shape index (κ1) is 14.9. The number of nitrogens with zero attached hydrogens (tertiary/aromatic N) is 4. The molecule has 0 radical (unpaired) electrons. The molecule has 1 aliphatic heterocycles. The van der Waals surface area contributed by atoms with Crippen molar-refractivity contribution in [2.45, 2.75) is 26.4 Å². The molecule has 0 amide bonds. The van der Waals surface area contributed by atoms with Crippen LogP contribution in [0.5, 0.6) is 0 Å². The lowest BCUT2D eigenvalue weighted by atomic mass is 10.1. The van der Waals surface area contributed by atoms with Crippen molar-refractivity contribution in [3.63, 3.8) is 0 Å². The minimum atomic E-state index is 0.361. The summed E-state index contributed by atoms with van der Waals surface area (Å²) in [7, 11) is 2.17. The molecular weight excluding hydrogens is 296 g/mol. The Morgan fingerprint density at radius 3 is 2.75 bits per heavy atom. The van der Waals surface area contributed by atoms with Gasteiger partial charge in [-0.15, -0.1) is 0 Å². The van der Waals surface area contributed by atoms with Gasteiger partial charge in [0, 0.05) is 37.3 Å². The molecule has 0 aliphatic carbocycles. The average Bonchev–Trinajstić information content (AvgIpc) is 2.71. The van der Waals surface area contributed by atoms with Crippen LogP contribution in [0.1, 0.15) is 18.1 Å². The monoisotopic (exact) mass is 318 g/mol. The number of anilines is 2. The summed E-state index contributed by atoms with van der Waals surface area (Å²) in [6, 6.07) is 15.3. The lowest BCUT2D eigenvalue weighted by Crippen LogP contribution is -2.38. The van der Waals surface area contributed by atoms with Gasteiger partial charge in [0.2, 0.25) is 0 Å².